The standard InChI is InChI=1S/C19H25F2NO5/c1-12(2)22(13(3)4)17(23)11-26-18(24)9-7-14-6-8-15(27-19(20)21)16(10-14)25-5/h6-10,12-13,19H,11H2,1-5H3/b9-7+. The van der Waals surface area contributed by atoms with E-state index < -0.39 is 12.6 Å². The molecule has 0 unspecified atom stereocenters. The van der Waals surface area contributed by atoms with Crippen LogP contribution < -0.4 is 9.47 Å². The summed E-state index contributed by atoms with van der Waals surface area (Å²) >= 11 is 0. The van der Waals surface area contributed by atoms with Gasteiger partial charge in [-0.2, -0.15) is 8.78 Å². The van der Waals surface area contributed by atoms with Crippen molar-refractivity contribution in [2.75, 3.05) is 13.7 Å². The molecule has 0 N–H and O–H groups in total. The number of methoxy groups -OCH3 is 1. The molecule has 0 fully saturated rings. The first-order valence-corrected chi connectivity index (χ1v) is 8.44. The number of carbonyl (C=O) groups is 2. The first-order valence-electron chi connectivity index (χ1n) is 8.44. The molecule has 0 aliphatic heterocycles. The zero-order valence-corrected chi connectivity index (χ0v) is 16.1. The van der Waals surface area contributed by atoms with Crippen molar-refractivity contribution in [2.24, 2.45) is 0 Å². The molecule has 8 heteroatoms. The predicted octanol–water partition coefficient (Wildman–Crippen LogP) is 3.50. The number of esters is 1. The molecule has 1 aromatic rings. The Labute approximate surface area is 157 Å². The molecular formula is C19H25F2NO5. The largest absolute Gasteiger partial charge is 0.493 e. The van der Waals surface area contributed by atoms with Gasteiger partial charge in [0, 0.05) is 18.2 Å². The van der Waals surface area contributed by atoms with Crippen LogP contribution in [0.4, 0.5) is 8.78 Å². The minimum Gasteiger partial charge on any atom is -0.493 e. The predicted molar refractivity (Wildman–Crippen MR) is 96.7 cm³/mol. The number of benzene rings is 1. The average Bonchev–Trinajstić information content (AvgIpc) is 2.57. The van der Waals surface area contributed by atoms with Crippen LogP contribution in [-0.2, 0) is 14.3 Å². The molecule has 0 saturated heterocycles. The third kappa shape index (κ3) is 7.24. The molecule has 27 heavy (non-hydrogen) atoms. The smallest absolute Gasteiger partial charge is 0.387 e. The molecule has 0 spiro atoms. The van der Waals surface area contributed by atoms with E-state index in [0.717, 1.165) is 6.08 Å². The van der Waals surface area contributed by atoms with Gasteiger partial charge in [-0.25, -0.2) is 4.79 Å². The summed E-state index contributed by atoms with van der Waals surface area (Å²) in [5.41, 5.74) is 0.516. The van der Waals surface area contributed by atoms with Gasteiger partial charge in [0.25, 0.3) is 5.91 Å². The van der Waals surface area contributed by atoms with E-state index in [9.17, 15) is 18.4 Å². The Morgan fingerprint density at radius 3 is 2.26 bits per heavy atom. The number of halogens is 2. The van der Waals surface area contributed by atoms with Crippen LogP contribution in [0.3, 0.4) is 0 Å². The van der Waals surface area contributed by atoms with Crippen LogP contribution in [-0.4, -0.2) is 49.2 Å². The zero-order chi connectivity index (χ0) is 20.6. The minimum absolute atomic E-state index is 0.00631. The highest BCUT2D eigenvalue weighted by atomic mass is 19.3. The van der Waals surface area contributed by atoms with E-state index in [0.29, 0.717) is 5.56 Å². The summed E-state index contributed by atoms with van der Waals surface area (Å²) in [6.45, 7) is 4.21. The van der Waals surface area contributed by atoms with Crippen molar-refractivity contribution >= 4 is 18.0 Å². The van der Waals surface area contributed by atoms with Crippen molar-refractivity contribution in [1.29, 1.82) is 0 Å². The minimum atomic E-state index is -2.97. The molecule has 150 valence electrons. The number of carbonyl (C=O) groups excluding carboxylic acids is 2. The highest BCUT2D eigenvalue weighted by molar-refractivity contribution is 5.89. The first-order chi connectivity index (χ1) is 12.6. The highest BCUT2D eigenvalue weighted by Crippen LogP contribution is 2.29. The van der Waals surface area contributed by atoms with Crippen molar-refractivity contribution in [1.82, 2.24) is 4.90 Å². The van der Waals surface area contributed by atoms with E-state index >= 15 is 0 Å². The Hall–Kier alpha value is -2.64. The van der Waals surface area contributed by atoms with E-state index in [2.05, 4.69) is 4.74 Å². The molecule has 0 heterocycles. The molecular weight excluding hydrogens is 360 g/mol. The molecule has 0 aliphatic carbocycles. The fourth-order valence-corrected chi connectivity index (χ4v) is 2.57. The fraction of sp³-hybridized carbons (Fsp3) is 0.474. The Morgan fingerprint density at radius 2 is 1.74 bits per heavy atom. The summed E-state index contributed by atoms with van der Waals surface area (Å²) in [6, 6.07) is 4.21. The van der Waals surface area contributed by atoms with Gasteiger partial charge in [-0.15, -0.1) is 0 Å². The average molecular weight is 385 g/mol. The molecule has 1 rings (SSSR count). The van der Waals surface area contributed by atoms with Gasteiger partial charge in [0.1, 0.15) is 0 Å². The monoisotopic (exact) mass is 385 g/mol. The molecule has 0 aliphatic rings. The lowest BCUT2D eigenvalue weighted by Crippen LogP contribution is -2.44. The lowest BCUT2D eigenvalue weighted by Gasteiger charge is -2.30. The van der Waals surface area contributed by atoms with Crippen molar-refractivity contribution in [2.45, 2.75) is 46.4 Å². The Kier molecular flexibility index (Phi) is 8.71. The summed E-state index contributed by atoms with van der Waals surface area (Å²) in [6.07, 6.45) is 2.56. The van der Waals surface area contributed by atoms with Gasteiger partial charge in [0.2, 0.25) is 0 Å². The van der Waals surface area contributed by atoms with Crippen LogP contribution in [0.15, 0.2) is 24.3 Å². The first kappa shape index (κ1) is 22.4. The van der Waals surface area contributed by atoms with Crippen LogP contribution >= 0.6 is 0 Å². The van der Waals surface area contributed by atoms with Crippen LogP contribution in [0.5, 0.6) is 11.5 Å². The van der Waals surface area contributed by atoms with Gasteiger partial charge in [-0.05, 0) is 51.5 Å². The van der Waals surface area contributed by atoms with Crippen molar-refractivity contribution in [3.8, 4) is 11.5 Å². The number of alkyl halides is 2. The zero-order valence-electron chi connectivity index (χ0n) is 16.1. The molecule has 0 saturated carbocycles. The van der Waals surface area contributed by atoms with Gasteiger partial charge in [0.15, 0.2) is 18.1 Å². The summed E-state index contributed by atoms with van der Waals surface area (Å²) in [5.74, 6) is -0.981. The van der Waals surface area contributed by atoms with Gasteiger partial charge in [-0.1, -0.05) is 6.07 Å². The van der Waals surface area contributed by atoms with Crippen molar-refractivity contribution in [3.05, 3.63) is 29.8 Å². The number of amides is 1. The molecule has 0 bridgehead atoms. The van der Waals surface area contributed by atoms with E-state index in [1.54, 1.807) is 4.90 Å². The number of rotatable bonds is 9. The molecule has 1 aromatic carbocycles. The van der Waals surface area contributed by atoms with E-state index in [4.69, 9.17) is 9.47 Å². The molecule has 0 atom stereocenters. The topological polar surface area (TPSA) is 65.1 Å². The maximum absolute atomic E-state index is 12.3. The maximum Gasteiger partial charge on any atom is 0.387 e. The SMILES string of the molecule is COc1cc(/C=C/C(=O)OCC(=O)N(C(C)C)C(C)C)ccc1OC(F)F. The van der Waals surface area contributed by atoms with Gasteiger partial charge in [-0.3, -0.25) is 4.79 Å². The third-order valence-electron chi connectivity index (χ3n) is 3.55. The normalized spacial score (nSPS) is 11.3. The summed E-state index contributed by atoms with van der Waals surface area (Å²) in [5, 5.41) is 0. The second kappa shape index (κ2) is 10.5. The van der Waals surface area contributed by atoms with Crippen molar-refractivity contribution < 1.29 is 32.6 Å². The number of hydrogen-bond donors (Lipinski definition) is 0. The highest BCUT2D eigenvalue weighted by Gasteiger charge is 2.20. The second-order valence-corrected chi connectivity index (χ2v) is 6.22. The Bertz CT molecular complexity index is 666. The fourth-order valence-electron chi connectivity index (χ4n) is 2.57. The Morgan fingerprint density at radius 1 is 1.11 bits per heavy atom. The van der Waals surface area contributed by atoms with Gasteiger partial charge < -0.3 is 19.1 Å². The molecule has 1 amide bonds. The number of ether oxygens (including phenoxy) is 3. The summed E-state index contributed by atoms with van der Waals surface area (Å²) in [4.78, 5) is 25.6. The second-order valence-electron chi connectivity index (χ2n) is 6.22. The van der Waals surface area contributed by atoms with Crippen molar-refractivity contribution in [3.63, 3.8) is 0 Å². The number of hydrogen-bond acceptors (Lipinski definition) is 5. The lowest BCUT2D eigenvalue weighted by atomic mass is 10.2. The van der Waals surface area contributed by atoms with E-state index in [1.165, 1.54) is 31.4 Å². The van der Waals surface area contributed by atoms with Crippen LogP contribution in [0.1, 0.15) is 33.3 Å². The summed E-state index contributed by atoms with van der Waals surface area (Å²) in [7, 11) is 1.32. The van der Waals surface area contributed by atoms with E-state index in [-0.39, 0.29) is 36.1 Å². The third-order valence-corrected chi connectivity index (χ3v) is 3.55. The Balaban J connectivity index is 2.69. The number of nitrogens with zero attached hydrogens (tertiary/aromatic N) is 1. The van der Waals surface area contributed by atoms with Gasteiger partial charge in [0.05, 0.1) is 7.11 Å². The van der Waals surface area contributed by atoms with Crippen LogP contribution in [0.25, 0.3) is 6.08 Å². The molecule has 0 radical (unpaired) electrons. The lowest BCUT2D eigenvalue weighted by molar-refractivity contribution is -0.150. The molecule has 6 nitrogen and oxygen atoms in total. The van der Waals surface area contributed by atoms with E-state index in [1.807, 2.05) is 27.7 Å². The quantitative estimate of drug-likeness (QED) is 0.481. The van der Waals surface area contributed by atoms with Crippen LogP contribution in [0.2, 0.25) is 0 Å². The molecule has 0 aromatic heterocycles. The van der Waals surface area contributed by atoms with Gasteiger partial charge >= 0.3 is 12.6 Å². The summed E-state index contributed by atoms with van der Waals surface area (Å²) < 4.78 is 38.9. The van der Waals surface area contributed by atoms with Crippen LogP contribution in [0, 0.1) is 0 Å². The maximum atomic E-state index is 12.3.